The minimum absolute atomic E-state index is 0.0975. The average molecular weight is 570 g/mol. The van der Waals surface area contributed by atoms with E-state index in [2.05, 4.69) is 10.3 Å². The van der Waals surface area contributed by atoms with Crippen molar-refractivity contribution in [3.05, 3.63) is 84.5 Å². The van der Waals surface area contributed by atoms with Gasteiger partial charge in [0.15, 0.2) is 0 Å². The number of carbonyl (C=O) groups is 3. The Hall–Kier alpha value is -4.35. The van der Waals surface area contributed by atoms with Gasteiger partial charge >= 0.3 is 5.97 Å². The monoisotopic (exact) mass is 569 g/mol. The number of fused-ring (bicyclic) bond motifs is 3. The molecular weight excluding hydrogens is 538 g/mol. The number of aliphatic hydroxyl groups is 1. The molecule has 7 rings (SSSR count). The molecule has 5 heterocycles. The van der Waals surface area contributed by atoms with Crippen LogP contribution in [-0.2, 0) is 36.9 Å². The number of ether oxygens (including phenoxy) is 2. The fraction of sp³-hybridized carbons (Fsp3) is 0.387. The summed E-state index contributed by atoms with van der Waals surface area (Å²) >= 11 is 0. The number of hydrogen-bond acceptors (Lipinski definition) is 8. The Morgan fingerprint density at radius 2 is 1.83 bits per heavy atom. The molecule has 4 aliphatic heterocycles. The first-order valence-electron chi connectivity index (χ1n) is 14.2. The third-order valence-electron chi connectivity index (χ3n) is 8.79. The summed E-state index contributed by atoms with van der Waals surface area (Å²) in [5.41, 5.74) is 0.963. The maximum Gasteiger partial charge on any atom is 0.312 e. The van der Waals surface area contributed by atoms with Crippen LogP contribution in [0.3, 0.4) is 0 Å². The van der Waals surface area contributed by atoms with E-state index in [9.17, 15) is 19.5 Å². The molecule has 11 nitrogen and oxygen atoms in total. The van der Waals surface area contributed by atoms with E-state index in [0.29, 0.717) is 18.4 Å². The summed E-state index contributed by atoms with van der Waals surface area (Å²) in [4.78, 5) is 45.5. The molecule has 1 aromatic heterocycles. The lowest BCUT2D eigenvalue weighted by molar-refractivity contribution is -0.156. The Morgan fingerprint density at radius 1 is 1.02 bits per heavy atom. The molecule has 1 spiro atoms. The molecule has 11 heteroatoms. The van der Waals surface area contributed by atoms with Crippen LogP contribution in [0, 0.1) is 11.8 Å². The molecule has 2 amide bonds. The standard InChI is InChI=1S/C31H31N5O6/c37-18-21(17-20-9-2-1-3-10-20)36-27-29(39)34(19-35-23-12-5-4-11-22(23)32-33-35)15-8-14-31(27)26(28(36)38)25-24(42-31)13-6-7-16-41-30(25)40/h1-6,8-14,21,24-27,37H,7,15-19H2/t21-,24-,25+,26+,27?,31+/m1/s1. The largest absolute Gasteiger partial charge is 0.465 e. The van der Waals surface area contributed by atoms with Crippen LogP contribution in [0.5, 0.6) is 0 Å². The number of para-hydroxylation sites is 1. The van der Waals surface area contributed by atoms with Crippen LogP contribution in [0.15, 0.2) is 78.9 Å². The minimum atomic E-state index is -1.42. The molecular formula is C31H31N5O6. The van der Waals surface area contributed by atoms with Gasteiger partial charge in [0.1, 0.15) is 29.7 Å². The molecule has 6 atom stereocenters. The lowest BCUT2D eigenvalue weighted by Gasteiger charge is -2.38. The molecule has 0 aliphatic carbocycles. The Bertz CT molecular complexity index is 1590. The third-order valence-corrected chi connectivity index (χ3v) is 8.79. The number of nitrogens with zero attached hydrogens (tertiary/aromatic N) is 5. The summed E-state index contributed by atoms with van der Waals surface area (Å²) in [5, 5.41) is 19.1. The highest BCUT2D eigenvalue weighted by molar-refractivity contribution is 5.99. The first kappa shape index (κ1) is 26.5. The number of aliphatic hydroxyl groups excluding tert-OH is 1. The molecule has 1 unspecified atom stereocenters. The highest BCUT2D eigenvalue weighted by atomic mass is 16.6. The Kier molecular flexibility index (Phi) is 6.63. The molecule has 216 valence electrons. The maximum absolute atomic E-state index is 14.6. The second-order valence-corrected chi connectivity index (χ2v) is 11.2. The van der Waals surface area contributed by atoms with E-state index in [1.807, 2.05) is 72.8 Å². The number of amides is 2. The topological polar surface area (TPSA) is 127 Å². The van der Waals surface area contributed by atoms with Crippen molar-refractivity contribution in [2.75, 3.05) is 19.8 Å². The van der Waals surface area contributed by atoms with E-state index in [-0.39, 0.29) is 32.3 Å². The summed E-state index contributed by atoms with van der Waals surface area (Å²) in [6, 6.07) is 15.2. The van der Waals surface area contributed by atoms with Gasteiger partial charge in [0.05, 0.1) is 36.8 Å². The van der Waals surface area contributed by atoms with E-state index < -0.39 is 47.5 Å². The molecule has 3 aromatic rings. The summed E-state index contributed by atoms with van der Waals surface area (Å²) in [5.74, 6) is -3.17. The van der Waals surface area contributed by atoms with E-state index >= 15 is 0 Å². The normalized spacial score (nSPS) is 29.5. The second-order valence-electron chi connectivity index (χ2n) is 11.2. The van der Waals surface area contributed by atoms with Crippen LogP contribution in [0.1, 0.15) is 12.0 Å². The van der Waals surface area contributed by atoms with Crippen molar-refractivity contribution in [2.24, 2.45) is 11.8 Å². The van der Waals surface area contributed by atoms with Crippen molar-refractivity contribution in [3.8, 4) is 0 Å². The zero-order chi connectivity index (χ0) is 28.8. The fourth-order valence-electron chi connectivity index (χ4n) is 6.93. The molecule has 0 radical (unpaired) electrons. The van der Waals surface area contributed by atoms with Crippen LogP contribution >= 0.6 is 0 Å². The van der Waals surface area contributed by atoms with Crippen molar-refractivity contribution in [2.45, 2.75) is 43.3 Å². The van der Waals surface area contributed by atoms with Crippen LogP contribution in [-0.4, -0.2) is 91.2 Å². The molecule has 4 aliphatic rings. The van der Waals surface area contributed by atoms with Gasteiger partial charge in [-0.15, -0.1) is 5.10 Å². The molecule has 0 bridgehead atoms. The van der Waals surface area contributed by atoms with Gasteiger partial charge in [-0.3, -0.25) is 14.4 Å². The van der Waals surface area contributed by atoms with E-state index in [4.69, 9.17) is 9.47 Å². The fourth-order valence-corrected chi connectivity index (χ4v) is 6.93. The molecule has 2 fully saturated rings. The van der Waals surface area contributed by atoms with Gasteiger partial charge < -0.3 is 24.4 Å². The predicted molar refractivity (Wildman–Crippen MR) is 149 cm³/mol. The number of cyclic esters (lactones) is 1. The highest BCUT2D eigenvalue weighted by Crippen LogP contribution is 2.53. The van der Waals surface area contributed by atoms with Crippen molar-refractivity contribution in [1.29, 1.82) is 0 Å². The summed E-state index contributed by atoms with van der Waals surface area (Å²) in [7, 11) is 0. The zero-order valence-corrected chi connectivity index (χ0v) is 22.9. The lowest BCUT2D eigenvalue weighted by Crippen LogP contribution is -2.58. The van der Waals surface area contributed by atoms with Gasteiger partial charge in [0, 0.05) is 6.54 Å². The molecule has 2 aromatic carbocycles. The van der Waals surface area contributed by atoms with Crippen molar-refractivity contribution >= 4 is 28.8 Å². The first-order valence-corrected chi connectivity index (χ1v) is 14.2. The van der Waals surface area contributed by atoms with Crippen LogP contribution in [0.4, 0.5) is 0 Å². The Labute approximate surface area is 242 Å². The van der Waals surface area contributed by atoms with Gasteiger partial charge in [-0.25, -0.2) is 4.68 Å². The van der Waals surface area contributed by atoms with Crippen LogP contribution in [0.25, 0.3) is 11.0 Å². The van der Waals surface area contributed by atoms with Crippen LogP contribution in [0.2, 0.25) is 0 Å². The molecule has 0 saturated carbocycles. The van der Waals surface area contributed by atoms with Gasteiger partial charge in [-0.2, -0.15) is 0 Å². The number of rotatable bonds is 6. The highest BCUT2D eigenvalue weighted by Gasteiger charge is 2.72. The number of esters is 1. The average Bonchev–Trinajstić information content (AvgIpc) is 3.59. The van der Waals surface area contributed by atoms with Gasteiger partial charge in [0.25, 0.3) is 5.91 Å². The summed E-state index contributed by atoms with van der Waals surface area (Å²) in [6.07, 6.45) is 7.43. The zero-order valence-electron chi connectivity index (χ0n) is 22.9. The number of aromatic nitrogens is 3. The smallest absolute Gasteiger partial charge is 0.312 e. The number of benzene rings is 2. The summed E-state index contributed by atoms with van der Waals surface area (Å²) in [6.45, 7) is 0.173. The second kappa shape index (κ2) is 10.5. The van der Waals surface area contributed by atoms with Crippen LogP contribution < -0.4 is 0 Å². The Balaban J connectivity index is 1.31. The third kappa shape index (κ3) is 4.14. The SMILES string of the molecule is O=C1OCCC=C[C@H]2O[C@]34C=CCN(Cn5nnc6ccccc65)C(=O)C3N([C@@H](CO)Cc3ccccc3)C(=O)[C@@H]4[C@@H]12. The number of likely N-dealkylation sites (tertiary alicyclic amines) is 1. The van der Waals surface area contributed by atoms with Crippen molar-refractivity contribution < 1.29 is 29.0 Å². The predicted octanol–water partition coefficient (Wildman–Crippen LogP) is 1.47. The molecule has 2 saturated heterocycles. The van der Waals surface area contributed by atoms with E-state index in [1.165, 1.54) is 4.90 Å². The first-order chi connectivity index (χ1) is 20.5. The van der Waals surface area contributed by atoms with Gasteiger partial charge in [0.2, 0.25) is 5.91 Å². The number of hydrogen-bond donors (Lipinski definition) is 1. The van der Waals surface area contributed by atoms with Gasteiger partial charge in [-0.1, -0.05) is 72.0 Å². The van der Waals surface area contributed by atoms with E-state index in [0.717, 1.165) is 11.1 Å². The molecule has 42 heavy (non-hydrogen) atoms. The van der Waals surface area contributed by atoms with E-state index in [1.54, 1.807) is 15.7 Å². The molecule has 1 N–H and O–H groups in total. The maximum atomic E-state index is 14.6. The number of carbonyl (C=O) groups excluding carboxylic acids is 3. The van der Waals surface area contributed by atoms with Crippen molar-refractivity contribution in [3.63, 3.8) is 0 Å². The Morgan fingerprint density at radius 3 is 2.67 bits per heavy atom. The lowest BCUT2D eigenvalue weighted by atomic mass is 9.77. The minimum Gasteiger partial charge on any atom is -0.465 e. The van der Waals surface area contributed by atoms with Crippen molar-refractivity contribution in [1.82, 2.24) is 24.8 Å². The van der Waals surface area contributed by atoms with Gasteiger partial charge in [-0.05, 0) is 30.5 Å². The summed E-state index contributed by atoms with van der Waals surface area (Å²) < 4.78 is 13.8. The quantitative estimate of drug-likeness (QED) is 0.349.